The van der Waals surface area contributed by atoms with Crippen LogP contribution < -0.4 is 0 Å². The number of rotatable bonds is 3. The monoisotopic (exact) mass is 159 g/mol. The Morgan fingerprint density at radius 2 is 2.36 bits per heavy atom. The fraction of sp³-hybridized carbons (Fsp3) is 0.750. The molecule has 1 rings (SSSR count). The molecule has 0 radical (unpaired) electrons. The fourth-order valence-corrected chi connectivity index (χ4v) is 1.19. The minimum absolute atomic E-state index is 0.361. The Kier molecular flexibility index (Phi) is 3.52. The van der Waals surface area contributed by atoms with E-state index in [9.17, 15) is 4.39 Å². The maximum Gasteiger partial charge on any atom is 0.136 e. The van der Waals surface area contributed by atoms with Gasteiger partial charge in [-0.05, 0) is 6.42 Å². The number of hydrogen-bond donors (Lipinski definition) is 1. The van der Waals surface area contributed by atoms with Crippen LogP contribution >= 0.6 is 0 Å². The summed E-state index contributed by atoms with van der Waals surface area (Å²) >= 11 is 0. The van der Waals surface area contributed by atoms with Gasteiger partial charge in [-0.25, -0.2) is 4.39 Å². The summed E-state index contributed by atoms with van der Waals surface area (Å²) in [6.45, 7) is 1.73. The lowest BCUT2D eigenvalue weighted by molar-refractivity contribution is 0.131. The van der Waals surface area contributed by atoms with Gasteiger partial charge < -0.3 is 5.11 Å². The molecule has 0 amide bonds. The van der Waals surface area contributed by atoms with Crippen LogP contribution in [0.2, 0.25) is 0 Å². The minimum atomic E-state index is -1.08. The van der Waals surface area contributed by atoms with Crippen LogP contribution in [0.15, 0.2) is 12.2 Å². The number of hydrogen-bond acceptors (Lipinski definition) is 2. The van der Waals surface area contributed by atoms with E-state index >= 15 is 0 Å². The lowest BCUT2D eigenvalue weighted by atomic mass is 10.2. The maximum absolute atomic E-state index is 12.6. The molecule has 1 atom stereocenters. The van der Waals surface area contributed by atoms with Gasteiger partial charge in [0.15, 0.2) is 0 Å². The molecule has 0 aliphatic carbocycles. The van der Waals surface area contributed by atoms with Gasteiger partial charge in [0.1, 0.15) is 6.17 Å². The molecule has 0 saturated carbocycles. The molecule has 0 aromatic carbocycles. The number of alkyl halides is 1. The molecule has 0 bridgehead atoms. The molecule has 2 nitrogen and oxygen atoms in total. The van der Waals surface area contributed by atoms with E-state index in [0.717, 1.165) is 19.5 Å². The van der Waals surface area contributed by atoms with Gasteiger partial charge in [0.05, 0.1) is 6.61 Å². The normalized spacial score (nSPS) is 22.0. The minimum Gasteiger partial charge on any atom is -0.393 e. The SMILES string of the molecule is OC[C@@H](F)CN1CC=CCC1. The Hall–Kier alpha value is -0.410. The second kappa shape index (κ2) is 4.46. The zero-order valence-electron chi connectivity index (χ0n) is 6.54. The van der Waals surface area contributed by atoms with Crippen LogP contribution in [0.4, 0.5) is 4.39 Å². The molecule has 1 aliphatic heterocycles. The standard InChI is InChI=1S/C8H14FNO/c9-8(7-11)6-10-4-2-1-3-5-10/h1-2,8,11H,3-7H2/t8-/m0/s1. The Balaban J connectivity index is 2.20. The van der Waals surface area contributed by atoms with Crippen LogP contribution in [-0.4, -0.2) is 42.4 Å². The number of halogens is 1. The van der Waals surface area contributed by atoms with Crippen molar-refractivity contribution < 1.29 is 9.50 Å². The van der Waals surface area contributed by atoms with Crippen molar-refractivity contribution in [2.24, 2.45) is 0 Å². The summed E-state index contributed by atoms with van der Waals surface area (Å²) in [6, 6.07) is 0. The molecule has 1 heterocycles. The smallest absolute Gasteiger partial charge is 0.136 e. The van der Waals surface area contributed by atoms with Crippen LogP contribution in [0, 0.1) is 0 Å². The molecule has 1 N–H and O–H groups in total. The van der Waals surface area contributed by atoms with Crippen molar-refractivity contribution in [3.63, 3.8) is 0 Å². The summed E-state index contributed by atoms with van der Waals surface area (Å²) in [7, 11) is 0. The lowest BCUT2D eigenvalue weighted by Gasteiger charge is -2.23. The highest BCUT2D eigenvalue weighted by Crippen LogP contribution is 2.03. The Morgan fingerprint density at radius 3 is 2.91 bits per heavy atom. The van der Waals surface area contributed by atoms with E-state index in [1.807, 2.05) is 11.0 Å². The fourth-order valence-electron chi connectivity index (χ4n) is 1.19. The predicted molar refractivity (Wildman–Crippen MR) is 42.2 cm³/mol. The van der Waals surface area contributed by atoms with Gasteiger partial charge in [0, 0.05) is 19.6 Å². The first-order valence-electron chi connectivity index (χ1n) is 3.95. The predicted octanol–water partition coefficient (Wildman–Crippen LogP) is 0.579. The third-order valence-corrected chi connectivity index (χ3v) is 1.80. The molecular weight excluding hydrogens is 145 g/mol. The third-order valence-electron chi connectivity index (χ3n) is 1.80. The molecule has 0 saturated heterocycles. The topological polar surface area (TPSA) is 23.5 Å². The average molecular weight is 159 g/mol. The summed E-state index contributed by atoms with van der Waals surface area (Å²) in [4.78, 5) is 2.00. The van der Waals surface area contributed by atoms with Crippen LogP contribution in [0.3, 0.4) is 0 Å². The van der Waals surface area contributed by atoms with Crippen LogP contribution in [0.1, 0.15) is 6.42 Å². The van der Waals surface area contributed by atoms with E-state index in [-0.39, 0.29) is 6.61 Å². The molecule has 0 spiro atoms. The summed E-state index contributed by atoms with van der Waals surface area (Å²) in [5, 5.41) is 8.45. The lowest BCUT2D eigenvalue weighted by Crippen LogP contribution is -2.34. The van der Waals surface area contributed by atoms with E-state index in [1.165, 1.54) is 0 Å². The van der Waals surface area contributed by atoms with E-state index in [1.54, 1.807) is 0 Å². The van der Waals surface area contributed by atoms with E-state index < -0.39 is 6.17 Å². The molecule has 0 unspecified atom stereocenters. The van der Waals surface area contributed by atoms with Gasteiger partial charge in [-0.15, -0.1) is 0 Å². The zero-order chi connectivity index (χ0) is 8.10. The number of aliphatic hydroxyl groups is 1. The Labute approximate surface area is 66.3 Å². The van der Waals surface area contributed by atoms with Crippen molar-refractivity contribution in [2.45, 2.75) is 12.6 Å². The van der Waals surface area contributed by atoms with Crippen molar-refractivity contribution in [3.8, 4) is 0 Å². The van der Waals surface area contributed by atoms with Gasteiger partial charge >= 0.3 is 0 Å². The van der Waals surface area contributed by atoms with Crippen LogP contribution in [0.5, 0.6) is 0 Å². The molecular formula is C8H14FNO. The average Bonchev–Trinajstić information content (AvgIpc) is 2.06. The number of aliphatic hydroxyl groups excluding tert-OH is 1. The van der Waals surface area contributed by atoms with E-state index in [4.69, 9.17) is 5.11 Å². The highest BCUT2D eigenvalue weighted by atomic mass is 19.1. The summed E-state index contributed by atoms with van der Waals surface area (Å²) in [6.07, 6.45) is 4.05. The van der Waals surface area contributed by atoms with Crippen molar-refractivity contribution in [1.29, 1.82) is 0 Å². The van der Waals surface area contributed by atoms with Crippen LogP contribution in [0.25, 0.3) is 0 Å². The molecule has 0 aromatic heterocycles. The summed E-state index contributed by atoms with van der Waals surface area (Å²) in [5.74, 6) is 0. The van der Waals surface area contributed by atoms with Crippen molar-refractivity contribution in [3.05, 3.63) is 12.2 Å². The summed E-state index contributed by atoms with van der Waals surface area (Å²) in [5.41, 5.74) is 0. The van der Waals surface area contributed by atoms with Crippen molar-refractivity contribution >= 4 is 0 Å². The van der Waals surface area contributed by atoms with Gasteiger partial charge in [0.25, 0.3) is 0 Å². The van der Waals surface area contributed by atoms with Crippen LogP contribution in [-0.2, 0) is 0 Å². The molecule has 3 heteroatoms. The Bertz CT molecular complexity index is 138. The molecule has 11 heavy (non-hydrogen) atoms. The second-order valence-corrected chi connectivity index (χ2v) is 2.80. The molecule has 64 valence electrons. The highest BCUT2D eigenvalue weighted by Gasteiger charge is 2.11. The first-order valence-corrected chi connectivity index (χ1v) is 3.95. The first kappa shape index (κ1) is 8.68. The molecule has 1 aliphatic rings. The van der Waals surface area contributed by atoms with Gasteiger partial charge in [-0.3, -0.25) is 4.90 Å². The first-order chi connectivity index (χ1) is 5.33. The second-order valence-electron chi connectivity index (χ2n) is 2.80. The maximum atomic E-state index is 12.6. The Morgan fingerprint density at radius 1 is 1.55 bits per heavy atom. The largest absolute Gasteiger partial charge is 0.393 e. The quantitative estimate of drug-likeness (QED) is 0.609. The highest BCUT2D eigenvalue weighted by molar-refractivity contribution is 4.91. The summed E-state index contributed by atoms with van der Waals surface area (Å²) < 4.78 is 12.6. The number of nitrogens with zero attached hydrogens (tertiary/aromatic N) is 1. The van der Waals surface area contributed by atoms with Gasteiger partial charge in [-0.2, -0.15) is 0 Å². The van der Waals surface area contributed by atoms with E-state index in [0.29, 0.717) is 6.54 Å². The van der Waals surface area contributed by atoms with E-state index in [2.05, 4.69) is 6.08 Å². The zero-order valence-corrected chi connectivity index (χ0v) is 6.54. The molecule has 0 aromatic rings. The van der Waals surface area contributed by atoms with Gasteiger partial charge in [-0.1, -0.05) is 12.2 Å². The van der Waals surface area contributed by atoms with Gasteiger partial charge in [0.2, 0.25) is 0 Å². The van der Waals surface area contributed by atoms with Crippen molar-refractivity contribution in [2.75, 3.05) is 26.2 Å². The van der Waals surface area contributed by atoms with Crippen molar-refractivity contribution in [1.82, 2.24) is 4.90 Å². The molecule has 0 fully saturated rings. The third kappa shape index (κ3) is 2.99.